The average molecular weight is 409 g/mol. The first kappa shape index (κ1) is 19.4. The van der Waals surface area contributed by atoms with Crippen molar-refractivity contribution in [3.8, 4) is 0 Å². The van der Waals surface area contributed by atoms with Gasteiger partial charge in [-0.2, -0.15) is 0 Å². The Morgan fingerprint density at radius 1 is 1.39 bits per heavy atom. The molecule has 0 unspecified atom stereocenters. The molecular formula is C19H28N4O4S. The number of carbonyl (C=O) groups is 1. The molecule has 154 valence electrons. The number of nitrogens with zero attached hydrogens (tertiary/aromatic N) is 2. The zero-order valence-electron chi connectivity index (χ0n) is 16.2. The van der Waals surface area contributed by atoms with Gasteiger partial charge >= 0.3 is 0 Å². The molecule has 3 aliphatic heterocycles. The van der Waals surface area contributed by atoms with Gasteiger partial charge in [0.05, 0.1) is 11.8 Å². The van der Waals surface area contributed by atoms with Crippen molar-refractivity contribution < 1.29 is 17.7 Å². The Balaban J connectivity index is 1.38. The van der Waals surface area contributed by atoms with E-state index in [2.05, 4.69) is 15.8 Å². The molecule has 9 heteroatoms. The van der Waals surface area contributed by atoms with E-state index in [-0.39, 0.29) is 35.4 Å². The van der Waals surface area contributed by atoms with Gasteiger partial charge in [0.15, 0.2) is 5.69 Å². The summed E-state index contributed by atoms with van der Waals surface area (Å²) in [7, 11) is -3.33. The molecule has 28 heavy (non-hydrogen) atoms. The zero-order chi connectivity index (χ0) is 19.7. The molecule has 2 bridgehead atoms. The maximum absolute atomic E-state index is 13.1. The Hall–Kier alpha value is -1.87. The Morgan fingerprint density at radius 2 is 2.18 bits per heavy atom. The summed E-state index contributed by atoms with van der Waals surface area (Å²) in [4.78, 5) is 12.4. The van der Waals surface area contributed by atoms with E-state index in [0.29, 0.717) is 25.0 Å². The Bertz CT molecular complexity index is 857. The minimum absolute atomic E-state index is 0.0849. The Kier molecular flexibility index (Phi) is 5.46. The van der Waals surface area contributed by atoms with Crippen LogP contribution < -0.4 is 10.6 Å². The van der Waals surface area contributed by atoms with Crippen LogP contribution in [0.15, 0.2) is 22.4 Å². The van der Waals surface area contributed by atoms with E-state index in [9.17, 15) is 13.2 Å². The molecule has 2 atom stereocenters. The number of nitrogens with one attached hydrogen (secondary N) is 2. The van der Waals surface area contributed by atoms with E-state index >= 15 is 0 Å². The lowest BCUT2D eigenvalue weighted by Gasteiger charge is -2.38. The fourth-order valence-corrected chi connectivity index (χ4v) is 6.73. The van der Waals surface area contributed by atoms with Crippen LogP contribution in [-0.4, -0.2) is 54.7 Å². The summed E-state index contributed by atoms with van der Waals surface area (Å²) in [6.07, 6.45) is 6.39. The summed E-state index contributed by atoms with van der Waals surface area (Å²) >= 11 is 0. The van der Waals surface area contributed by atoms with Gasteiger partial charge in [0.2, 0.25) is 10.0 Å². The number of hydrogen-bond donors (Lipinski definition) is 2. The van der Waals surface area contributed by atoms with Crippen LogP contribution in [0.3, 0.4) is 0 Å². The number of aromatic nitrogens is 1. The lowest BCUT2D eigenvalue weighted by molar-refractivity contribution is 0.0915. The molecule has 4 rings (SSSR count). The van der Waals surface area contributed by atoms with E-state index < -0.39 is 10.0 Å². The van der Waals surface area contributed by atoms with Crippen LogP contribution in [0.25, 0.3) is 0 Å². The summed E-state index contributed by atoms with van der Waals surface area (Å²) in [6.45, 7) is 3.72. The number of amides is 1. The van der Waals surface area contributed by atoms with Gasteiger partial charge < -0.3 is 15.2 Å². The predicted octanol–water partition coefficient (Wildman–Crippen LogP) is 1.42. The number of piperidine rings is 2. The van der Waals surface area contributed by atoms with Gasteiger partial charge in [0.1, 0.15) is 5.76 Å². The second kappa shape index (κ2) is 7.87. The van der Waals surface area contributed by atoms with Crippen LogP contribution in [-0.2, 0) is 16.4 Å². The van der Waals surface area contributed by atoms with E-state index in [1.54, 1.807) is 10.4 Å². The fraction of sp³-hybridized carbons (Fsp3) is 0.684. The molecule has 0 spiro atoms. The minimum atomic E-state index is -3.33. The van der Waals surface area contributed by atoms with Crippen LogP contribution in [0.4, 0.5) is 0 Å². The van der Waals surface area contributed by atoms with Crippen LogP contribution >= 0.6 is 0 Å². The average Bonchev–Trinajstić information content (AvgIpc) is 3.26. The van der Waals surface area contributed by atoms with Gasteiger partial charge in [-0.05, 0) is 44.7 Å². The zero-order valence-corrected chi connectivity index (χ0v) is 17.0. The highest BCUT2D eigenvalue weighted by molar-refractivity contribution is 7.89. The van der Waals surface area contributed by atoms with Crippen LogP contribution in [0.5, 0.6) is 0 Å². The summed E-state index contributed by atoms with van der Waals surface area (Å²) in [5.74, 6) is 0.855. The first-order chi connectivity index (χ1) is 13.5. The molecule has 2 fully saturated rings. The number of hydrogen-bond acceptors (Lipinski definition) is 6. The van der Waals surface area contributed by atoms with Crippen molar-refractivity contribution in [3.63, 3.8) is 0 Å². The van der Waals surface area contributed by atoms with Crippen LogP contribution in [0.1, 0.15) is 55.3 Å². The summed E-state index contributed by atoms with van der Waals surface area (Å²) in [5, 5.41) is 10.1. The molecule has 0 aromatic carbocycles. The molecule has 2 saturated heterocycles. The van der Waals surface area contributed by atoms with Crippen molar-refractivity contribution in [2.75, 3.05) is 18.8 Å². The van der Waals surface area contributed by atoms with E-state index in [4.69, 9.17) is 4.52 Å². The first-order valence-corrected chi connectivity index (χ1v) is 11.8. The van der Waals surface area contributed by atoms with E-state index in [1.807, 2.05) is 13.0 Å². The molecule has 3 aliphatic rings. The number of carbonyl (C=O) groups excluding carboxylic acids is 1. The molecular weight excluding hydrogens is 380 g/mol. The third kappa shape index (κ3) is 3.96. The quantitative estimate of drug-likeness (QED) is 0.738. The standard InChI is InChI=1S/C19H28N4O4S/c1-2-17-11-18(22-27-17)19(24)21-14-9-15-3-4-16(10-14)23(15)28(25,26)12-13-5-7-20-8-6-13/h3,11,13-14,16,20H,2,4-10,12H2,1H3,(H,21,24)/t14-,16-/m0/s1. The second-order valence-electron chi connectivity index (χ2n) is 7.99. The second-order valence-corrected chi connectivity index (χ2v) is 9.89. The largest absolute Gasteiger partial charge is 0.361 e. The van der Waals surface area contributed by atoms with Crippen LogP contribution in [0, 0.1) is 5.92 Å². The van der Waals surface area contributed by atoms with Gasteiger partial charge in [-0.1, -0.05) is 18.2 Å². The Labute approximate surface area is 165 Å². The molecule has 0 saturated carbocycles. The maximum Gasteiger partial charge on any atom is 0.273 e. The molecule has 2 N–H and O–H groups in total. The van der Waals surface area contributed by atoms with Gasteiger partial charge in [0, 0.05) is 30.6 Å². The highest BCUT2D eigenvalue weighted by atomic mass is 32.2. The smallest absolute Gasteiger partial charge is 0.273 e. The first-order valence-electron chi connectivity index (χ1n) is 10.1. The normalized spacial score (nSPS) is 25.6. The van der Waals surface area contributed by atoms with Gasteiger partial charge in [-0.3, -0.25) is 9.10 Å². The molecule has 8 nitrogen and oxygen atoms in total. The lowest BCUT2D eigenvalue weighted by Crippen LogP contribution is -2.49. The third-order valence-corrected chi connectivity index (χ3v) is 7.96. The summed E-state index contributed by atoms with van der Waals surface area (Å²) in [6, 6.07) is 1.48. The number of sulfonamides is 1. The lowest BCUT2D eigenvalue weighted by atomic mass is 10.0. The maximum atomic E-state index is 13.1. The Morgan fingerprint density at radius 3 is 2.86 bits per heavy atom. The number of fused-ring (bicyclic) bond motifs is 2. The molecule has 0 radical (unpaired) electrons. The summed E-state index contributed by atoms with van der Waals surface area (Å²) < 4.78 is 32.9. The summed E-state index contributed by atoms with van der Waals surface area (Å²) in [5.41, 5.74) is 1.10. The van der Waals surface area contributed by atoms with Gasteiger partial charge in [-0.25, -0.2) is 8.42 Å². The van der Waals surface area contributed by atoms with Crippen molar-refractivity contribution in [2.45, 2.75) is 57.5 Å². The minimum Gasteiger partial charge on any atom is -0.361 e. The van der Waals surface area contributed by atoms with Gasteiger partial charge in [0.25, 0.3) is 5.91 Å². The fourth-order valence-electron chi connectivity index (χ4n) is 4.51. The third-order valence-electron chi connectivity index (χ3n) is 5.93. The highest BCUT2D eigenvalue weighted by Crippen LogP contribution is 2.38. The monoisotopic (exact) mass is 408 g/mol. The SMILES string of the molecule is CCc1cc(C(=O)N[C@H]2CC3=CC[C@@H](C2)N3S(=O)(=O)CC2CCNCC2)no1. The predicted molar refractivity (Wildman–Crippen MR) is 104 cm³/mol. The van der Waals surface area contributed by atoms with Crippen molar-refractivity contribution in [2.24, 2.45) is 5.92 Å². The van der Waals surface area contributed by atoms with Crippen molar-refractivity contribution in [1.29, 1.82) is 0 Å². The van der Waals surface area contributed by atoms with Gasteiger partial charge in [-0.15, -0.1) is 0 Å². The van der Waals surface area contributed by atoms with Crippen molar-refractivity contribution >= 4 is 15.9 Å². The highest BCUT2D eigenvalue weighted by Gasteiger charge is 2.42. The molecule has 1 aromatic heterocycles. The molecule has 1 amide bonds. The van der Waals surface area contributed by atoms with E-state index in [0.717, 1.165) is 38.0 Å². The molecule has 0 aliphatic carbocycles. The number of rotatable bonds is 6. The topological polar surface area (TPSA) is 105 Å². The van der Waals surface area contributed by atoms with Crippen LogP contribution in [0.2, 0.25) is 0 Å². The number of aryl methyl sites for hydroxylation is 1. The van der Waals surface area contributed by atoms with E-state index in [1.165, 1.54) is 0 Å². The molecule has 1 aromatic rings. The molecule has 4 heterocycles. The van der Waals surface area contributed by atoms with Crippen molar-refractivity contribution in [3.05, 3.63) is 29.3 Å². The van der Waals surface area contributed by atoms with Crippen molar-refractivity contribution in [1.82, 2.24) is 20.1 Å².